The minimum atomic E-state index is -2.59. The smallest absolute Gasteiger partial charge is 0.270 e. The number of fused-ring (bicyclic) bond motifs is 1. The van der Waals surface area contributed by atoms with E-state index in [1.165, 1.54) is 6.08 Å². The van der Waals surface area contributed by atoms with E-state index in [0.29, 0.717) is 35.4 Å². The Morgan fingerprint density at radius 2 is 1.93 bits per heavy atom. The van der Waals surface area contributed by atoms with Gasteiger partial charge in [-0.1, -0.05) is 41.9 Å². The summed E-state index contributed by atoms with van der Waals surface area (Å²) in [6.07, 6.45) is 7.23. The second kappa shape index (κ2) is 8.25. The fraction of sp³-hybridized carbons (Fsp3) is 0.143. The Kier molecular flexibility index (Phi) is 5.52. The van der Waals surface area contributed by atoms with Crippen LogP contribution >= 0.6 is 11.6 Å². The molecule has 4 rings (SSSR count). The molecule has 0 atom stereocenters. The van der Waals surface area contributed by atoms with Crippen molar-refractivity contribution in [1.29, 1.82) is 0 Å². The highest BCUT2D eigenvalue weighted by Gasteiger charge is 2.34. The molecule has 0 bridgehead atoms. The lowest BCUT2D eigenvalue weighted by Gasteiger charge is -2.13. The van der Waals surface area contributed by atoms with Gasteiger partial charge in [0.25, 0.3) is 5.91 Å². The molecule has 2 aromatic rings. The Bertz CT molecular complexity index is 1290. The van der Waals surface area contributed by atoms with Crippen LogP contribution < -0.4 is 5.32 Å². The number of aryl methyl sites for hydroxylation is 1. The van der Waals surface area contributed by atoms with E-state index in [4.69, 9.17) is 11.6 Å². The topological polar surface area (TPSA) is 93.4 Å². The molecule has 0 fully saturated rings. The number of hydrogen-bond donors (Lipinski definition) is 1. The van der Waals surface area contributed by atoms with Crippen LogP contribution in [0.2, 0.25) is 0 Å². The Morgan fingerprint density at radius 3 is 2.60 bits per heavy atom. The highest BCUT2D eigenvalue weighted by Crippen LogP contribution is 2.38. The molecule has 0 unspecified atom stereocenters. The third-order valence-electron chi connectivity index (χ3n) is 4.68. The van der Waals surface area contributed by atoms with Crippen LogP contribution in [0, 0.1) is 0 Å². The maximum absolute atomic E-state index is 13.0. The Balaban J connectivity index is 1.70. The number of allylic oxidation sites excluding steroid dienone is 4. The number of benzene rings is 1. The second-order valence-corrected chi connectivity index (χ2v) is 8.03. The monoisotopic (exact) mass is 440 g/mol. The predicted octanol–water partition coefficient (Wildman–Crippen LogP) is 2.06. The summed E-state index contributed by atoms with van der Waals surface area (Å²) in [5.74, 6) is -0.389. The first-order valence-electron chi connectivity index (χ1n) is 9.14. The maximum Gasteiger partial charge on any atom is 0.270 e. The molecule has 9 heteroatoms. The third-order valence-corrected chi connectivity index (χ3v) is 5.86. The number of aromatic nitrogens is 2. The van der Waals surface area contributed by atoms with Crippen LogP contribution in [0.5, 0.6) is 0 Å². The average Bonchev–Trinajstić information content (AvgIpc) is 3.31. The van der Waals surface area contributed by atoms with Gasteiger partial charge in [-0.05, 0) is 17.7 Å². The lowest BCUT2D eigenvalue weighted by molar-refractivity contribution is -0.114. The zero-order valence-electron chi connectivity index (χ0n) is 16.0. The molecular formula is C21H17ClN4O3S. The van der Waals surface area contributed by atoms with Crippen LogP contribution in [0.25, 0.3) is 5.57 Å². The normalized spacial score (nSPS) is 15.4. The summed E-state index contributed by atoms with van der Waals surface area (Å²) in [7, 11) is -0.713. The van der Waals surface area contributed by atoms with Crippen LogP contribution in [0.15, 0.2) is 76.3 Å². The molecule has 1 amide bonds. The van der Waals surface area contributed by atoms with Crippen LogP contribution in [-0.4, -0.2) is 41.0 Å². The van der Waals surface area contributed by atoms with Gasteiger partial charge in [0.15, 0.2) is 0 Å². The van der Waals surface area contributed by atoms with Crippen LogP contribution in [-0.2, 0) is 28.6 Å². The molecule has 152 valence electrons. The highest BCUT2D eigenvalue weighted by atomic mass is 35.5. The lowest BCUT2D eigenvalue weighted by atomic mass is 9.92. The van der Waals surface area contributed by atoms with Gasteiger partial charge in [0, 0.05) is 37.4 Å². The van der Waals surface area contributed by atoms with Crippen molar-refractivity contribution in [2.24, 2.45) is 12.0 Å². The fourth-order valence-electron chi connectivity index (χ4n) is 3.37. The molecule has 1 aromatic heterocycles. The predicted molar refractivity (Wildman–Crippen MR) is 117 cm³/mol. The largest absolute Gasteiger partial charge is 0.350 e. The van der Waals surface area contributed by atoms with Crippen molar-refractivity contribution >= 4 is 44.0 Å². The first-order chi connectivity index (χ1) is 14.5. The van der Waals surface area contributed by atoms with Crippen LogP contribution in [0.3, 0.4) is 0 Å². The molecule has 1 N–H and O–H groups in total. The molecular weight excluding hydrogens is 424 g/mol. The van der Waals surface area contributed by atoms with E-state index in [0.717, 1.165) is 5.69 Å². The summed E-state index contributed by atoms with van der Waals surface area (Å²) < 4.78 is 25.7. The van der Waals surface area contributed by atoms with Crippen LogP contribution in [0.1, 0.15) is 11.3 Å². The molecule has 30 heavy (non-hydrogen) atoms. The average molecular weight is 441 g/mol. The van der Waals surface area contributed by atoms with E-state index in [2.05, 4.69) is 15.3 Å². The molecule has 0 radical (unpaired) electrons. The van der Waals surface area contributed by atoms with Gasteiger partial charge in [-0.15, -0.1) is 0 Å². The highest BCUT2D eigenvalue weighted by molar-refractivity contribution is 7.74. The van der Waals surface area contributed by atoms with Gasteiger partial charge in [0.05, 0.1) is 22.8 Å². The molecule has 0 spiro atoms. The van der Waals surface area contributed by atoms with Crippen LogP contribution in [0.4, 0.5) is 0 Å². The van der Waals surface area contributed by atoms with Gasteiger partial charge >= 0.3 is 0 Å². The van der Waals surface area contributed by atoms with Crippen molar-refractivity contribution in [3.8, 4) is 0 Å². The molecule has 0 saturated heterocycles. The summed E-state index contributed by atoms with van der Waals surface area (Å²) in [5.41, 5.74) is 2.89. The molecule has 2 heterocycles. The van der Waals surface area contributed by atoms with E-state index in [9.17, 15) is 13.2 Å². The number of amides is 1. The molecule has 1 aliphatic heterocycles. The fourth-order valence-corrected chi connectivity index (χ4v) is 4.32. The molecule has 1 aliphatic carbocycles. The van der Waals surface area contributed by atoms with E-state index < -0.39 is 10.3 Å². The number of carbonyl (C=O) groups is 1. The van der Waals surface area contributed by atoms with E-state index >= 15 is 0 Å². The quantitative estimate of drug-likeness (QED) is 0.720. The number of nitrogens with one attached hydrogen (secondary N) is 1. The van der Waals surface area contributed by atoms with Gasteiger partial charge in [0.2, 0.25) is 10.3 Å². The molecule has 1 aromatic carbocycles. The maximum atomic E-state index is 13.0. The standard InChI is InChI=1S/C21H17ClN4O3S/c1-26-11-14(24-12-26)9-10-23-21(27)19-17(13-5-3-2-4-6-13)18-16(25-19)8-7-15(22)20(18)30(28)29/h2-8,11-12H,9-10H2,1H3,(H,23,27). The van der Waals surface area contributed by atoms with Crippen molar-refractivity contribution in [3.63, 3.8) is 0 Å². The Morgan fingerprint density at radius 1 is 1.17 bits per heavy atom. The summed E-state index contributed by atoms with van der Waals surface area (Å²) in [5, 5.41) is 2.94. The van der Waals surface area contributed by atoms with Crippen molar-refractivity contribution in [2.45, 2.75) is 6.42 Å². The first kappa shape index (κ1) is 20.1. The second-order valence-electron chi connectivity index (χ2n) is 6.74. The van der Waals surface area contributed by atoms with Gasteiger partial charge in [-0.25, -0.2) is 9.98 Å². The van der Waals surface area contributed by atoms with Crippen molar-refractivity contribution in [2.75, 3.05) is 6.54 Å². The number of rotatable bonds is 5. The molecule has 7 nitrogen and oxygen atoms in total. The zero-order chi connectivity index (χ0) is 21.3. The minimum Gasteiger partial charge on any atom is -0.350 e. The number of carbonyl (C=O) groups excluding carboxylic acids is 1. The summed E-state index contributed by atoms with van der Waals surface area (Å²) in [6, 6.07) is 9.08. The molecule has 2 aliphatic rings. The number of aliphatic imine (C=N–C) groups is 1. The summed E-state index contributed by atoms with van der Waals surface area (Å²) in [6.45, 7) is 0.369. The van der Waals surface area contributed by atoms with Crippen molar-refractivity contribution in [3.05, 3.63) is 82.6 Å². The Labute approximate surface area is 179 Å². The number of imidazole rings is 1. The van der Waals surface area contributed by atoms with Gasteiger partial charge in [-0.3, -0.25) is 4.79 Å². The minimum absolute atomic E-state index is 0.0620. The first-order valence-corrected chi connectivity index (χ1v) is 10.6. The van der Waals surface area contributed by atoms with Gasteiger partial charge < -0.3 is 9.88 Å². The lowest BCUT2D eigenvalue weighted by Crippen LogP contribution is -2.33. The Hall–Kier alpha value is -3.23. The van der Waals surface area contributed by atoms with Crippen molar-refractivity contribution < 1.29 is 13.2 Å². The van der Waals surface area contributed by atoms with E-state index in [1.54, 1.807) is 24.5 Å². The van der Waals surface area contributed by atoms with E-state index in [1.807, 2.05) is 36.0 Å². The number of halogens is 1. The van der Waals surface area contributed by atoms with E-state index in [-0.39, 0.29) is 21.5 Å². The SMILES string of the molecule is Cn1cnc(CCNC(=O)C2=NC3=CC=C(Cl)C(=S(=O)=O)C3=C2c2ccccc2)c1. The molecule has 0 saturated carbocycles. The number of nitrogens with zero attached hydrogens (tertiary/aromatic N) is 3. The summed E-state index contributed by atoms with van der Waals surface area (Å²) >= 11 is 6.17. The van der Waals surface area contributed by atoms with Gasteiger partial charge in [0.1, 0.15) is 10.6 Å². The summed E-state index contributed by atoms with van der Waals surface area (Å²) in [4.78, 5) is 21.6. The number of hydrogen-bond acceptors (Lipinski definition) is 5. The zero-order valence-corrected chi connectivity index (χ0v) is 17.5. The van der Waals surface area contributed by atoms with Gasteiger partial charge in [-0.2, -0.15) is 8.42 Å². The third kappa shape index (κ3) is 3.79. The van der Waals surface area contributed by atoms with Crippen molar-refractivity contribution in [1.82, 2.24) is 14.9 Å².